The first-order valence-electron chi connectivity index (χ1n) is 6.13. The van der Waals surface area contributed by atoms with Gasteiger partial charge in [0.05, 0.1) is 14.2 Å². The van der Waals surface area contributed by atoms with Crippen LogP contribution in [0, 0.1) is 6.92 Å². The molecule has 0 saturated carbocycles. The molecule has 18 heavy (non-hydrogen) atoms. The summed E-state index contributed by atoms with van der Waals surface area (Å²) in [6.45, 7) is 4.01. The summed E-state index contributed by atoms with van der Waals surface area (Å²) < 4.78 is 10.7. The summed E-state index contributed by atoms with van der Waals surface area (Å²) in [5, 5.41) is 0. The molecule has 0 heterocycles. The lowest BCUT2D eigenvalue weighted by Gasteiger charge is -2.20. The Morgan fingerprint density at radius 2 is 1.94 bits per heavy atom. The summed E-state index contributed by atoms with van der Waals surface area (Å²) in [6, 6.07) is 3.99. The van der Waals surface area contributed by atoms with Crippen LogP contribution in [0.3, 0.4) is 0 Å². The molecule has 0 spiro atoms. The lowest BCUT2D eigenvalue weighted by molar-refractivity contribution is 0.317. The van der Waals surface area contributed by atoms with Gasteiger partial charge in [0.15, 0.2) is 0 Å². The molecule has 0 aliphatic carbocycles. The van der Waals surface area contributed by atoms with Crippen LogP contribution < -0.4 is 9.47 Å². The first-order valence-corrected chi connectivity index (χ1v) is 6.76. The minimum atomic E-state index is 0.839. The van der Waals surface area contributed by atoms with Crippen LogP contribution in [0.1, 0.15) is 17.5 Å². The number of thiol groups is 1. The van der Waals surface area contributed by atoms with Crippen molar-refractivity contribution in [2.45, 2.75) is 19.9 Å². The highest BCUT2D eigenvalue weighted by atomic mass is 32.1. The minimum absolute atomic E-state index is 0.839. The highest BCUT2D eigenvalue weighted by molar-refractivity contribution is 7.80. The Kier molecular flexibility index (Phi) is 6.36. The zero-order valence-electron chi connectivity index (χ0n) is 11.7. The average Bonchev–Trinajstić information content (AvgIpc) is 2.38. The lowest BCUT2D eigenvalue weighted by atomic mass is 10.1. The zero-order valence-corrected chi connectivity index (χ0v) is 12.6. The van der Waals surface area contributed by atoms with E-state index in [1.807, 2.05) is 12.1 Å². The maximum Gasteiger partial charge on any atom is 0.127 e. The molecule has 4 heteroatoms. The predicted octanol–water partition coefficient (Wildman–Crippen LogP) is 2.76. The van der Waals surface area contributed by atoms with Gasteiger partial charge >= 0.3 is 0 Å². The van der Waals surface area contributed by atoms with Gasteiger partial charge in [-0.15, -0.1) is 0 Å². The van der Waals surface area contributed by atoms with Gasteiger partial charge in [-0.05, 0) is 44.3 Å². The fourth-order valence-electron chi connectivity index (χ4n) is 1.95. The van der Waals surface area contributed by atoms with E-state index < -0.39 is 0 Å². The van der Waals surface area contributed by atoms with E-state index in [2.05, 4.69) is 31.5 Å². The normalized spacial score (nSPS) is 10.8. The quantitative estimate of drug-likeness (QED) is 0.769. The van der Waals surface area contributed by atoms with Crippen LogP contribution in [-0.4, -0.2) is 38.5 Å². The number of aryl methyl sites for hydroxylation is 1. The van der Waals surface area contributed by atoms with E-state index in [-0.39, 0.29) is 0 Å². The van der Waals surface area contributed by atoms with Gasteiger partial charge in [0.1, 0.15) is 11.5 Å². The molecule has 0 aromatic heterocycles. The third-order valence-electron chi connectivity index (χ3n) is 2.99. The molecule has 1 rings (SSSR count). The molecule has 0 fully saturated rings. The second-order valence-corrected chi connectivity index (χ2v) is 4.89. The van der Waals surface area contributed by atoms with E-state index in [9.17, 15) is 0 Å². The molecule has 0 radical (unpaired) electrons. The fourth-order valence-corrected chi connectivity index (χ4v) is 2.09. The smallest absolute Gasteiger partial charge is 0.127 e. The van der Waals surface area contributed by atoms with E-state index in [1.165, 1.54) is 11.1 Å². The van der Waals surface area contributed by atoms with Gasteiger partial charge in [-0.2, -0.15) is 12.6 Å². The van der Waals surface area contributed by atoms with Crippen molar-refractivity contribution in [1.29, 1.82) is 0 Å². The lowest BCUT2D eigenvalue weighted by Crippen LogP contribution is -2.20. The fraction of sp³-hybridized carbons (Fsp3) is 0.571. The predicted molar refractivity (Wildman–Crippen MR) is 79.1 cm³/mol. The number of benzene rings is 1. The molecule has 0 atom stereocenters. The molecule has 1 aromatic rings. The van der Waals surface area contributed by atoms with Crippen LogP contribution in [-0.2, 0) is 6.54 Å². The van der Waals surface area contributed by atoms with Crippen LogP contribution in [0.25, 0.3) is 0 Å². The summed E-state index contributed by atoms with van der Waals surface area (Å²) in [5.41, 5.74) is 2.42. The highest BCUT2D eigenvalue weighted by Gasteiger charge is 2.11. The van der Waals surface area contributed by atoms with Gasteiger partial charge in [-0.3, -0.25) is 0 Å². The van der Waals surface area contributed by atoms with E-state index in [0.29, 0.717) is 0 Å². The van der Waals surface area contributed by atoms with Crippen molar-refractivity contribution in [2.24, 2.45) is 0 Å². The SMILES string of the molecule is COc1cc(C)c(CN(C)CCCS)c(OC)c1. The Balaban J connectivity index is 2.86. The number of hydrogen-bond acceptors (Lipinski definition) is 4. The molecule has 0 N–H and O–H groups in total. The summed E-state index contributed by atoms with van der Waals surface area (Å²) in [5.74, 6) is 2.65. The van der Waals surface area contributed by atoms with Gasteiger partial charge < -0.3 is 14.4 Å². The van der Waals surface area contributed by atoms with Gasteiger partial charge in [0.25, 0.3) is 0 Å². The van der Waals surface area contributed by atoms with Crippen molar-refractivity contribution >= 4 is 12.6 Å². The van der Waals surface area contributed by atoms with E-state index in [4.69, 9.17) is 9.47 Å². The summed E-state index contributed by atoms with van der Waals surface area (Å²) >= 11 is 4.24. The third kappa shape index (κ3) is 4.10. The third-order valence-corrected chi connectivity index (χ3v) is 3.30. The number of hydrogen-bond donors (Lipinski definition) is 1. The average molecular weight is 269 g/mol. The molecule has 1 aromatic carbocycles. The van der Waals surface area contributed by atoms with Gasteiger partial charge in [0, 0.05) is 18.2 Å². The number of rotatable bonds is 7. The van der Waals surface area contributed by atoms with Crippen molar-refractivity contribution in [1.82, 2.24) is 4.90 Å². The molecular weight excluding hydrogens is 246 g/mol. The molecular formula is C14H23NO2S. The second kappa shape index (κ2) is 7.54. The van der Waals surface area contributed by atoms with Crippen molar-refractivity contribution < 1.29 is 9.47 Å². The maximum absolute atomic E-state index is 5.45. The van der Waals surface area contributed by atoms with Crippen molar-refractivity contribution in [3.63, 3.8) is 0 Å². The minimum Gasteiger partial charge on any atom is -0.497 e. The molecule has 0 saturated heterocycles. The molecule has 0 bridgehead atoms. The number of methoxy groups -OCH3 is 2. The summed E-state index contributed by atoms with van der Waals surface area (Å²) in [6.07, 6.45) is 1.09. The van der Waals surface area contributed by atoms with Crippen LogP contribution in [0.4, 0.5) is 0 Å². The first kappa shape index (κ1) is 15.2. The Hall–Kier alpha value is -0.870. The molecule has 0 aliphatic heterocycles. The van der Waals surface area contributed by atoms with Crippen molar-refractivity contribution in [3.05, 3.63) is 23.3 Å². The number of nitrogens with zero attached hydrogens (tertiary/aromatic N) is 1. The summed E-state index contributed by atoms with van der Waals surface area (Å²) in [7, 11) is 5.49. The molecule has 0 amide bonds. The van der Waals surface area contributed by atoms with Crippen LogP contribution in [0.2, 0.25) is 0 Å². The van der Waals surface area contributed by atoms with E-state index in [0.717, 1.165) is 36.8 Å². The molecule has 3 nitrogen and oxygen atoms in total. The van der Waals surface area contributed by atoms with Crippen molar-refractivity contribution in [3.8, 4) is 11.5 Å². The van der Waals surface area contributed by atoms with Gasteiger partial charge in [-0.25, -0.2) is 0 Å². The standard InChI is InChI=1S/C14H23NO2S/c1-11-8-12(16-3)9-14(17-4)13(11)10-15(2)6-5-7-18/h8-9,18H,5-7,10H2,1-4H3. The Labute approximate surface area is 115 Å². The molecule has 102 valence electrons. The van der Waals surface area contributed by atoms with Crippen molar-refractivity contribution in [2.75, 3.05) is 33.6 Å². The van der Waals surface area contributed by atoms with Gasteiger partial charge in [-0.1, -0.05) is 0 Å². The first-order chi connectivity index (χ1) is 8.62. The monoisotopic (exact) mass is 269 g/mol. The van der Waals surface area contributed by atoms with Gasteiger partial charge in [0.2, 0.25) is 0 Å². The zero-order chi connectivity index (χ0) is 13.5. The van der Waals surface area contributed by atoms with Crippen LogP contribution >= 0.6 is 12.6 Å². The molecule has 0 unspecified atom stereocenters. The Bertz CT molecular complexity index is 382. The molecule has 0 aliphatic rings. The number of ether oxygens (including phenoxy) is 2. The van der Waals surface area contributed by atoms with Crippen LogP contribution in [0.15, 0.2) is 12.1 Å². The largest absolute Gasteiger partial charge is 0.497 e. The Morgan fingerprint density at radius 1 is 1.22 bits per heavy atom. The Morgan fingerprint density at radius 3 is 2.50 bits per heavy atom. The van der Waals surface area contributed by atoms with Crippen LogP contribution in [0.5, 0.6) is 11.5 Å². The maximum atomic E-state index is 5.45. The van der Waals surface area contributed by atoms with E-state index in [1.54, 1.807) is 14.2 Å². The second-order valence-electron chi connectivity index (χ2n) is 4.44. The highest BCUT2D eigenvalue weighted by Crippen LogP contribution is 2.29. The van der Waals surface area contributed by atoms with E-state index >= 15 is 0 Å². The summed E-state index contributed by atoms with van der Waals surface area (Å²) in [4.78, 5) is 2.29. The topological polar surface area (TPSA) is 21.7 Å².